The molecule has 1 aromatic rings. The van der Waals surface area contributed by atoms with Crippen LogP contribution in [0.1, 0.15) is 12.5 Å². The number of nitrogens with one attached hydrogen (secondary N) is 1. The van der Waals surface area contributed by atoms with Crippen molar-refractivity contribution in [3.63, 3.8) is 0 Å². The maximum Gasteiger partial charge on any atom is 0.0381 e. The third-order valence-electron chi connectivity index (χ3n) is 1.91. The van der Waals surface area contributed by atoms with Gasteiger partial charge in [-0.15, -0.1) is 0 Å². The summed E-state index contributed by atoms with van der Waals surface area (Å²) in [6.07, 6.45) is 3.27. The van der Waals surface area contributed by atoms with Crippen LogP contribution in [0.25, 0.3) is 5.57 Å². The van der Waals surface area contributed by atoms with Crippen molar-refractivity contribution in [2.45, 2.75) is 6.92 Å². The SMILES string of the molecule is C=C(C)Nc1ccc(C(=C)/C=C\N)cc1. The monoisotopic (exact) mass is 200 g/mol. The lowest BCUT2D eigenvalue weighted by Crippen LogP contribution is -1.93. The normalized spacial score (nSPS) is 10.2. The highest BCUT2D eigenvalue weighted by Crippen LogP contribution is 2.17. The fourth-order valence-corrected chi connectivity index (χ4v) is 1.23. The number of hydrogen-bond donors (Lipinski definition) is 2. The Bertz CT molecular complexity index is 386. The van der Waals surface area contributed by atoms with Gasteiger partial charge in [0.1, 0.15) is 0 Å². The van der Waals surface area contributed by atoms with Gasteiger partial charge in [-0.25, -0.2) is 0 Å². The number of nitrogens with two attached hydrogens (primary N) is 1. The van der Waals surface area contributed by atoms with Crippen LogP contribution in [0.4, 0.5) is 5.69 Å². The Balaban J connectivity index is 2.80. The van der Waals surface area contributed by atoms with Gasteiger partial charge in [-0.1, -0.05) is 25.3 Å². The van der Waals surface area contributed by atoms with Crippen molar-refractivity contribution in [2.75, 3.05) is 5.32 Å². The van der Waals surface area contributed by atoms with E-state index in [9.17, 15) is 0 Å². The molecule has 0 radical (unpaired) electrons. The van der Waals surface area contributed by atoms with Gasteiger partial charge in [-0.2, -0.15) is 0 Å². The topological polar surface area (TPSA) is 38.0 Å². The third kappa shape index (κ3) is 3.35. The second kappa shape index (κ2) is 5.05. The quantitative estimate of drug-likeness (QED) is 0.733. The average Bonchev–Trinajstić information content (AvgIpc) is 2.18. The standard InChI is InChI=1S/C13H16N2/c1-10(2)15-13-6-4-12(5-7-13)11(3)8-9-14/h4-9,15H,1,3,14H2,2H3/b9-8-. The molecule has 1 rings (SSSR count). The van der Waals surface area contributed by atoms with Gasteiger partial charge in [-0.3, -0.25) is 0 Å². The largest absolute Gasteiger partial charge is 0.405 e. The van der Waals surface area contributed by atoms with E-state index in [0.717, 1.165) is 22.5 Å². The summed E-state index contributed by atoms with van der Waals surface area (Å²) in [4.78, 5) is 0. The van der Waals surface area contributed by atoms with Gasteiger partial charge in [0.05, 0.1) is 0 Å². The van der Waals surface area contributed by atoms with Crippen LogP contribution in [0.5, 0.6) is 0 Å². The van der Waals surface area contributed by atoms with Crippen LogP contribution in [-0.2, 0) is 0 Å². The molecular weight excluding hydrogens is 184 g/mol. The van der Waals surface area contributed by atoms with E-state index in [1.165, 1.54) is 6.20 Å². The molecule has 15 heavy (non-hydrogen) atoms. The van der Waals surface area contributed by atoms with Gasteiger partial charge in [0, 0.05) is 11.4 Å². The van der Waals surface area contributed by atoms with Crippen LogP contribution in [0.3, 0.4) is 0 Å². The van der Waals surface area contributed by atoms with Gasteiger partial charge in [-0.05, 0) is 42.5 Å². The zero-order valence-corrected chi connectivity index (χ0v) is 8.96. The lowest BCUT2D eigenvalue weighted by molar-refractivity contribution is 1.39. The molecule has 1 aromatic carbocycles. The molecule has 0 amide bonds. The summed E-state index contributed by atoms with van der Waals surface area (Å²) in [5.74, 6) is 0. The number of hydrogen-bond acceptors (Lipinski definition) is 2. The highest BCUT2D eigenvalue weighted by Gasteiger charge is 1.95. The summed E-state index contributed by atoms with van der Waals surface area (Å²) in [6.45, 7) is 9.60. The first-order valence-electron chi connectivity index (χ1n) is 4.73. The molecular formula is C13H16N2. The first kappa shape index (κ1) is 11.1. The van der Waals surface area contributed by atoms with Gasteiger partial charge in [0.2, 0.25) is 0 Å². The highest BCUT2D eigenvalue weighted by atomic mass is 14.9. The second-order valence-corrected chi connectivity index (χ2v) is 3.37. The van der Waals surface area contributed by atoms with Crippen LogP contribution in [0.15, 0.2) is 55.4 Å². The predicted molar refractivity (Wildman–Crippen MR) is 67.2 cm³/mol. The molecule has 0 saturated carbocycles. The molecule has 2 heteroatoms. The van der Waals surface area contributed by atoms with Gasteiger partial charge in [0.25, 0.3) is 0 Å². The molecule has 0 atom stereocenters. The summed E-state index contributed by atoms with van der Waals surface area (Å²) in [5, 5.41) is 3.14. The smallest absolute Gasteiger partial charge is 0.0381 e. The number of benzene rings is 1. The molecule has 0 saturated heterocycles. The van der Waals surface area contributed by atoms with Crippen molar-refractivity contribution >= 4 is 11.3 Å². The Labute approximate surface area is 90.8 Å². The lowest BCUT2D eigenvalue weighted by atomic mass is 10.1. The highest BCUT2D eigenvalue weighted by molar-refractivity contribution is 5.72. The maximum atomic E-state index is 5.30. The van der Waals surface area contributed by atoms with Crippen molar-refractivity contribution in [3.05, 3.63) is 61.0 Å². The zero-order chi connectivity index (χ0) is 11.3. The summed E-state index contributed by atoms with van der Waals surface area (Å²) in [7, 11) is 0. The van der Waals surface area contributed by atoms with E-state index in [1.54, 1.807) is 6.08 Å². The zero-order valence-electron chi connectivity index (χ0n) is 8.96. The van der Waals surface area contributed by atoms with Crippen molar-refractivity contribution in [1.29, 1.82) is 0 Å². The Hall–Kier alpha value is -1.96. The van der Waals surface area contributed by atoms with E-state index in [0.29, 0.717) is 0 Å². The first-order chi connectivity index (χ1) is 7.13. The minimum absolute atomic E-state index is 0.902. The van der Waals surface area contributed by atoms with Crippen LogP contribution in [-0.4, -0.2) is 0 Å². The second-order valence-electron chi connectivity index (χ2n) is 3.37. The Morgan fingerprint density at radius 2 is 1.87 bits per heavy atom. The molecule has 0 bridgehead atoms. The van der Waals surface area contributed by atoms with Gasteiger partial charge < -0.3 is 11.1 Å². The minimum atomic E-state index is 0.902. The van der Waals surface area contributed by atoms with E-state index in [1.807, 2.05) is 31.2 Å². The molecule has 78 valence electrons. The Morgan fingerprint density at radius 1 is 1.27 bits per heavy atom. The summed E-state index contributed by atoms with van der Waals surface area (Å²) >= 11 is 0. The maximum absolute atomic E-state index is 5.30. The van der Waals surface area contributed by atoms with Crippen molar-refractivity contribution < 1.29 is 0 Å². The fourth-order valence-electron chi connectivity index (χ4n) is 1.23. The fraction of sp³-hybridized carbons (Fsp3) is 0.0769. The average molecular weight is 200 g/mol. The first-order valence-corrected chi connectivity index (χ1v) is 4.73. The number of anilines is 1. The van der Waals surface area contributed by atoms with Crippen LogP contribution >= 0.6 is 0 Å². The molecule has 3 N–H and O–H groups in total. The summed E-state index contributed by atoms with van der Waals surface area (Å²) < 4.78 is 0. The van der Waals surface area contributed by atoms with E-state index in [4.69, 9.17) is 5.73 Å². The Kier molecular flexibility index (Phi) is 3.75. The molecule has 0 aromatic heterocycles. The molecule has 0 heterocycles. The van der Waals surface area contributed by atoms with Gasteiger partial charge in [0.15, 0.2) is 0 Å². The Morgan fingerprint density at radius 3 is 2.33 bits per heavy atom. The molecule has 0 spiro atoms. The molecule has 0 aliphatic carbocycles. The predicted octanol–water partition coefficient (Wildman–Crippen LogP) is 3.12. The van der Waals surface area contributed by atoms with Crippen LogP contribution in [0, 0.1) is 0 Å². The van der Waals surface area contributed by atoms with E-state index in [-0.39, 0.29) is 0 Å². The number of rotatable bonds is 4. The summed E-state index contributed by atoms with van der Waals surface area (Å²) in [6, 6.07) is 7.96. The van der Waals surface area contributed by atoms with Crippen molar-refractivity contribution in [3.8, 4) is 0 Å². The van der Waals surface area contributed by atoms with Crippen molar-refractivity contribution in [2.24, 2.45) is 5.73 Å². The molecule has 0 fully saturated rings. The van der Waals surface area contributed by atoms with E-state index in [2.05, 4.69) is 18.5 Å². The third-order valence-corrected chi connectivity index (χ3v) is 1.91. The lowest BCUT2D eigenvalue weighted by Gasteiger charge is -2.06. The minimum Gasteiger partial charge on any atom is -0.405 e. The molecule has 2 nitrogen and oxygen atoms in total. The van der Waals surface area contributed by atoms with Gasteiger partial charge >= 0.3 is 0 Å². The summed E-state index contributed by atoms with van der Waals surface area (Å²) in [5.41, 5.74) is 9.20. The molecule has 0 aliphatic heterocycles. The van der Waals surface area contributed by atoms with E-state index < -0.39 is 0 Å². The number of allylic oxidation sites excluding steroid dienone is 3. The van der Waals surface area contributed by atoms with E-state index >= 15 is 0 Å². The van der Waals surface area contributed by atoms with Crippen LogP contribution in [0.2, 0.25) is 0 Å². The van der Waals surface area contributed by atoms with Crippen LogP contribution < -0.4 is 11.1 Å². The van der Waals surface area contributed by atoms with Crippen molar-refractivity contribution in [1.82, 2.24) is 0 Å². The molecule has 0 aliphatic rings. The molecule has 0 unspecified atom stereocenters.